The van der Waals surface area contributed by atoms with Crippen LogP contribution in [0, 0.1) is 5.92 Å². The molecule has 0 aromatic heterocycles. The van der Waals surface area contributed by atoms with Crippen LogP contribution in [-0.2, 0) is 4.79 Å². The van der Waals surface area contributed by atoms with Crippen LogP contribution >= 0.6 is 0 Å². The molecule has 0 radical (unpaired) electrons. The summed E-state index contributed by atoms with van der Waals surface area (Å²) in [5, 5.41) is 2.81. The molecule has 1 N–H and O–H groups in total. The molecule has 1 aliphatic rings. The Hall–Kier alpha value is -0.790. The molecule has 0 heterocycles. The highest BCUT2D eigenvalue weighted by atomic mass is 16.1. The zero-order chi connectivity index (χ0) is 10.2. The van der Waals surface area contributed by atoms with E-state index in [0.717, 1.165) is 12.3 Å². The lowest BCUT2D eigenvalue weighted by Crippen LogP contribution is -2.23. The van der Waals surface area contributed by atoms with Crippen LogP contribution in [0.2, 0.25) is 0 Å². The Morgan fingerprint density at radius 1 is 1.36 bits per heavy atom. The van der Waals surface area contributed by atoms with Crippen molar-refractivity contribution in [3.05, 3.63) is 12.7 Å². The third-order valence-electron chi connectivity index (χ3n) is 2.95. The van der Waals surface area contributed by atoms with Crippen molar-refractivity contribution in [2.45, 2.75) is 44.9 Å². The molecule has 0 aromatic carbocycles. The van der Waals surface area contributed by atoms with Gasteiger partial charge >= 0.3 is 0 Å². The topological polar surface area (TPSA) is 29.1 Å². The fourth-order valence-electron chi connectivity index (χ4n) is 2.09. The van der Waals surface area contributed by atoms with E-state index in [1.807, 2.05) is 0 Å². The van der Waals surface area contributed by atoms with Crippen LogP contribution < -0.4 is 5.32 Å². The van der Waals surface area contributed by atoms with Gasteiger partial charge in [0.1, 0.15) is 0 Å². The highest BCUT2D eigenvalue weighted by Gasteiger charge is 2.14. The molecule has 0 aromatic rings. The van der Waals surface area contributed by atoms with Gasteiger partial charge in [0.05, 0.1) is 0 Å². The summed E-state index contributed by atoms with van der Waals surface area (Å²) in [7, 11) is 0. The molecule has 2 heteroatoms. The van der Waals surface area contributed by atoms with Gasteiger partial charge in [-0.05, 0) is 12.3 Å². The summed E-state index contributed by atoms with van der Waals surface area (Å²) < 4.78 is 0. The number of carbonyl (C=O) groups excluding carboxylic acids is 1. The van der Waals surface area contributed by atoms with E-state index >= 15 is 0 Å². The van der Waals surface area contributed by atoms with Gasteiger partial charge in [-0.25, -0.2) is 0 Å². The highest BCUT2D eigenvalue weighted by molar-refractivity contribution is 5.75. The maximum Gasteiger partial charge on any atom is 0.220 e. The number of hydrogen-bond acceptors (Lipinski definition) is 1. The lowest BCUT2D eigenvalue weighted by Gasteiger charge is -2.20. The Balaban J connectivity index is 2.06. The normalized spacial score (nSPS) is 17.7. The first kappa shape index (κ1) is 11.3. The monoisotopic (exact) mass is 195 g/mol. The maximum absolute atomic E-state index is 11.3. The van der Waals surface area contributed by atoms with E-state index in [0.29, 0.717) is 13.0 Å². The van der Waals surface area contributed by atoms with E-state index < -0.39 is 0 Å². The summed E-state index contributed by atoms with van der Waals surface area (Å²) >= 11 is 0. The van der Waals surface area contributed by atoms with Gasteiger partial charge < -0.3 is 5.32 Å². The van der Waals surface area contributed by atoms with Gasteiger partial charge in [-0.1, -0.05) is 38.2 Å². The summed E-state index contributed by atoms with van der Waals surface area (Å²) in [6, 6.07) is 0. The van der Waals surface area contributed by atoms with Gasteiger partial charge in [0, 0.05) is 13.0 Å². The zero-order valence-corrected chi connectivity index (χ0v) is 8.93. The van der Waals surface area contributed by atoms with Crippen LogP contribution in [-0.4, -0.2) is 12.5 Å². The van der Waals surface area contributed by atoms with Gasteiger partial charge in [0.25, 0.3) is 0 Å². The van der Waals surface area contributed by atoms with Crippen molar-refractivity contribution >= 4 is 5.91 Å². The lowest BCUT2D eigenvalue weighted by atomic mass is 9.86. The molecule has 1 aliphatic carbocycles. The largest absolute Gasteiger partial charge is 0.353 e. The molecule has 80 valence electrons. The Labute approximate surface area is 86.8 Å². The molecule has 1 fully saturated rings. The highest BCUT2D eigenvalue weighted by Crippen LogP contribution is 2.26. The first-order valence-corrected chi connectivity index (χ1v) is 5.70. The van der Waals surface area contributed by atoms with Crippen molar-refractivity contribution in [3.8, 4) is 0 Å². The number of rotatable bonds is 5. The average molecular weight is 195 g/mol. The Bertz CT molecular complexity index is 183. The summed E-state index contributed by atoms with van der Waals surface area (Å²) in [6.45, 7) is 4.17. The Morgan fingerprint density at radius 3 is 2.71 bits per heavy atom. The van der Waals surface area contributed by atoms with Crippen LogP contribution in [0.3, 0.4) is 0 Å². The molecule has 0 aliphatic heterocycles. The summed E-state index contributed by atoms with van der Waals surface area (Å²) in [5.41, 5.74) is 0. The molecule has 2 nitrogen and oxygen atoms in total. The van der Waals surface area contributed by atoms with Gasteiger partial charge in [-0.15, -0.1) is 6.58 Å². The predicted octanol–water partition coefficient (Wildman–Crippen LogP) is 2.65. The van der Waals surface area contributed by atoms with Crippen molar-refractivity contribution in [2.75, 3.05) is 6.54 Å². The molecule has 1 saturated carbocycles. The fourth-order valence-corrected chi connectivity index (χ4v) is 2.09. The second-order valence-corrected chi connectivity index (χ2v) is 4.14. The summed E-state index contributed by atoms with van der Waals surface area (Å²) in [4.78, 5) is 11.3. The van der Waals surface area contributed by atoms with Crippen LogP contribution in [0.5, 0.6) is 0 Å². The number of amides is 1. The molecular formula is C12H21NO. The van der Waals surface area contributed by atoms with Crippen molar-refractivity contribution in [1.29, 1.82) is 0 Å². The molecule has 1 rings (SSSR count). The van der Waals surface area contributed by atoms with Crippen LogP contribution in [0.25, 0.3) is 0 Å². The van der Waals surface area contributed by atoms with Gasteiger partial charge in [-0.2, -0.15) is 0 Å². The van der Waals surface area contributed by atoms with Crippen molar-refractivity contribution in [3.63, 3.8) is 0 Å². The van der Waals surface area contributed by atoms with Crippen molar-refractivity contribution < 1.29 is 4.79 Å². The fraction of sp³-hybridized carbons (Fsp3) is 0.750. The van der Waals surface area contributed by atoms with E-state index in [-0.39, 0.29) is 5.91 Å². The zero-order valence-electron chi connectivity index (χ0n) is 8.93. The molecular weight excluding hydrogens is 174 g/mol. The maximum atomic E-state index is 11.3. The number of carbonyl (C=O) groups is 1. The quantitative estimate of drug-likeness (QED) is 0.671. The SMILES string of the molecule is C=CCNC(=O)CCC1CCCCC1. The molecule has 0 atom stereocenters. The molecule has 0 spiro atoms. The minimum absolute atomic E-state index is 0.176. The Morgan fingerprint density at radius 2 is 2.07 bits per heavy atom. The molecule has 0 unspecified atom stereocenters. The number of nitrogens with one attached hydrogen (secondary N) is 1. The smallest absolute Gasteiger partial charge is 0.220 e. The van der Waals surface area contributed by atoms with Gasteiger partial charge in [0.15, 0.2) is 0 Å². The van der Waals surface area contributed by atoms with E-state index in [9.17, 15) is 4.79 Å². The summed E-state index contributed by atoms with van der Waals surface area (Å²) in [5.74, 6) is 0.980. The average Bonchev–Trinajstić information content (AvgIpc) is 2.25. The van der Waals surface area contributed by atoms with Crippen LogP contribution in [0.4, 0.5) is 0 Å². The third kappa shape index (κ3) is 4.45. The second-order valence-electron chi connectivity index (χ2n) is 4.14. The van der Waals surface area contributed by atoms with E-state index in [4.69, 9.17) is 0 Å². The van der Waals surface area contributed by atoms with E-state index in [1.165, 1.54) is 32.1 Å². The minimum atomic E-state index is 0.176. The first-order chi connectivity index (χ1) is 6.83. The predicted molar refractivity (Wildman–Crippen MR) is 59.0 cm³/mol. The van der Waals surface area contributed by atoms with Crippen molar-refractivity contribution in [1.82, 2.24) is 5.32 Å². The van der Waals surface area contributed by atoms with E-state index in [1.54, 1.807) is 6.08 Å². The number of hydrogen-bond donors (Lipinski definition) is 1. The van der Waals surface area contributed by atoms with Gasteiger partial charge in [-0.3, -0.25) is 4.79 Å². The lowest BCUT2D eigenvalue weighted by molar-refractivity contribution is -0.121. The Kier molecular flexibility index (Phi) is 5.35. The molecule has 14 heavy (non-hydrogen) atoms. The van der Waals surface area contributed by atoms with E-state index in [2.05, 4.69) is 11.9 Å². The third-order valence-corrected chi connectivity index (χ3v) is 2.95. The van der Waals surface area contributed by atoms with Crippen LogP contribution in [0.1, 0.15) is 44.9 Å². The van der Waals surface area contributed by atoms with Crippen molar-refractivity contribution in [2.24, 2.45) is 5.92 Å². The second kappa shape index (κ2) is 6.63. The van der Waals surface area contributed by atoms with Crippen LogP contribution in [0.15, 0.2) is 12.7 Å². The van der Waals surface area contributed by atoms with Gasteiger partial charge in [0.2, 0.25) is 5.91 Å². The molecule has 1 amide bonds. The minimum Gasteiger partial charge on any atom is -0.353 e. The summed E-state index contributed by atoms with van der Waals surface area (Å²) in [6.07, 6.45) is 10.3. The first-order valence-electron chi connectivity index (χ1n) is 5.70. The molecule has 0 saturated heterocycles. The standard InChI is InChI=1S/C12H21NO/c1-2-10-13-12(14)9-8-11-6-4-3-5-7-11/h2,11H,1,3-10H2,(H,13,14). The molecule has 0 bridgehead atoms.